The van der Waals surface area contributed by atoms with E-state index in [2.05, 4.69) is 0 Å². The lowest BCUT2D eigenvalue weighted by atomic mass is 9.51. The molecule has 0 aromatic heterocycles. The van der Waals surface area contributed by atoms with Crippen LogP contribution in [0.25, 0.3) is 6.08 Å². The van der Waals surface area contributed by atoms with Crippen molar-refractivity contribution >= 4 is 23.6 Å². The molecule has 2 fully saturated rings. The monoisotopic (exact) mass is 560 g/mol. The molecule has 8 nitrogen and oxygen atoms in total. The Morgan fingerprint density at radius 3 is 2.44 bits per heavy atom. The number of ketones is 2. The molecule has 4 atom stereocenters. The highest BCUT2D eigenvalue weighted by atomic mass is 16.6. The molecular formula is C33H36O8. The summed E-state index contributed by atoms with van der Waals surface area (Å²) in [6.45, 7) is 13.0. The van der Waals surface area contributed by atoms with E-state index in [4.69, 9.17) is 14.2 Å². The van der Waals surface area contributed by atoms with Crippen molar-refractivity contribution in [3.63, 3.8) is 0 Å². The average molecular weight is 561 g/mol. The molecule has 1 spiro atoms. The van der Waals surface area contributed by atoms with E-state index in [-0.39, 0.29) is 40.8 Å². The van der Waals surface area contributed by atoms with Crippen LogP contribution in [0.15, 0.2) is 41.0 Å². The summed E-state index contributed by atoms with van der Waals surface area (Å²) in [7, 11) is 0. The fourth-order valence-corrected chi connectivity index (χ4v) is 7.44. The Labute approximate surface area is 239 Å². The highest BCUT2D eigenvalue weighted by Gasteiger charge is 2.81. The van der Waals surface area contributed by atoms with Gasteiger partial charge in [0.15, 0.2) is 22.8 Å². The first kappa shape index (κ1) is 27.5. The first-order chi connectivity index (χ1) is 19.1. The third-order valence-corrected chi connectivity index (χ3v) is 9.37. The van der Waals surface area contributed by atoms with Crippen LogP contribution >= 0.6 is 0 Å². The van der Waals surface area contributed by atoms with Gasteiger partial charge in [-0.3, -0.25) is 9.59 Å². The first-order valence-electron chi connectivity index (χ1n) is 14.1. The van der Waals surface area contributed by atoms with Crippen LogP contribution in [0.1, 0.15) is 82.8 Å². The first-order valence-corrected chi connectivity index (χ1v) is 14.1. The van der Waals surface area contributed by atoms with E-state index in [0.29, 0.717) is 35.3 Å². The second kappa shape index (κ2) is 8.44. The van der Waals surface area contributed by atoms with Crippen LogP contribution in [0.2, 0.25) is 0 Å². The van der Waals surface area contributed by atoms with Crippen LogP contribution in [0.5, 0.6) is 17.2 Å². The van der Waals surface area contributed by atoms with E-state index in [1.54, 1.807) is 12.2 Å². The fraction of sp³-hybridized carbons (Fsp3) is 0.485. The second-order valence-electron chi connectivity index (χ2n) is 13.2. The lowest BCUT2D eigenvalue weighted by molar-refractivity contribution is -0.171. The molecule has 0 amide bonds. The molecule has 0 unspecified atom stereocenters. The number of hydrogen-bond donors (Lipinski definition) is 2. The van der Waals surface area contributed by atoms with E-state index in [0.717, 1.165) is 5.57 Å². The van der Waals surface area contributed by atoms with Gasteiger partial charge in [-0.2, -0.15) is 0 Å². The van der Waals surface area contributed by atoms with Crippen molar-refractivity contribution in [3.8, 4) is 17.2 Å². The fourth-order valence-electron chi connectivity index (χ4n) is 7.44. The van der Waals surface area contributed by atoms with Gasteiger partial charge in [-0.05, 0) is 73.5 Å². The number of benzene rings is 1. The van der Waals surface area contributed by atoms with Gasteiger partial charge in [0.1, 0.15) is 28.4 Å². The zero-order chi connectivity index (χ0) is 29.9. The predicted octanol–water partition coefficient (Wildman–Crippen LogP) is 5.51. The van der Waals surface area contributed by atoms with Crippen LogP contribution in [-0.4, -0.2) is 50.2 Å². The summed E-state index contributed by atoms with van der Waals surface area (Å²) < 4.78 is 20.1. The molecule has 1 saturated heterocycles. The van der Waals surface area contributed by atoms with Crippen molar-refractivity contribution in [3.05, 3.63) is 57.7 Å². The molecule has 3 aliphatic heterocycles. The second-order valence-corrected chi connectivity index (χ2v) is 13.2. The van der Waals surface area contributed by atoms with Crippen LogP contribution in [0.4, 0.5) is 0 Å². The predicted molar refractivity (Wildman–Crippen MR) is 151 cm³/mol. The lowest BCUT2D eigenvalue weighted by Crippen LogP contribution is -2.72. The van der Waals surface area contributed by atoms with E-state index in [1.165, 1.54) is 13.0 Å². The summed E-state index contributed by atoms with van der Waals surface area (Å²) >= 11 is 0. The molecule has 0 radical (unpaired) electrons. The van der Waals surface area contributed by atoms with Crippen molar-refractivity contribution in [2.75, 3.05) is 0 Å². The molecular weight excluding hydrogens is 524 g/mol. The number of aromatic hydroxyl groups is 1. The van der Waals surface area contributed by atoms with E-state index in [9.17, 15) is 24.6 Å². The van der Waals surface area contributed by atoms with Gasteiger partial charge in [0, 0.05) is 35.0 Å². The van der Waals surface area contributed by atoms with Gasteiger partial charge in [-0.15, -0.1) is 0 Å². The quantitative estimate of drug-likeness (QED) is 0.357. The minimum Gasteiger partial charge on any atom is -0.506 e. The summed E-state index contributed by atoms with van der Waals surface area (Å²) in [6, 6.07) is 0. The highest BCUT2D eigenvalue weighted by molar-refractivity contribution is 6.19. The molecule has 3 aliphatic carbocycles. The van der Waals surface area contributed by atoms with E-state index in [1.807, 2.05) is 53.7 Å². The van der Waals surface area contributed by atoms with Crippen molar-refractivity contribution in [2.45, 2.75) is 90.1 Å². The maximum absolute atomic E-state index is 14.5. The summed E-state index contributed by atoms with van der Waals surface area (Å²) in [6.07, 6.45) is 9.54. The standard InChI is InChI=1S/C33H36O8/c1-16(2)8-9-20-26-19(11-12-30(4,5)39-26)24(34)23-25(35)21-14-18-15-22-31(6,7)41-32(28(18)36,13-10-17(3)29(37)38)33(21,22)40-27(20)23/h8,10-12,14,18,22,34H,9,13,15H2,1-7H3,(H,37,38)/b17-10-/t18-,22+,32+,33+/m1/s1. The van der Waals surface area contributed by atoms with Gasteiger partial charge in [0.25, 0.3) is 0 Å². The number of Topliss-reactive ketones (excluding diaryl/α,β-unsaturated/α-hetero) is 2. The molecule has 8 heteroatoms. The van der Waals surface area contributed by atoms with Gasteiger partial charge >= 0.3 is 5.97 Å². The number of carbonyl (C=O) groups excluding carboxylic acids is 2. The Balaban J connectivity index is 1.66. The topological polar surface area (TPSA) is 119 Å². The van der Waals surface area contributed by atoms with Crippen molar-refractivity contribution in [2.24, 2.45) is 11.8 Å². The molecule has 3 heterocycles. The van der Waals surface area contributed by atoms with Crippen molar-refractivity contribution in [1.82, 2.24) is 0 Å². The molecule has 41 heavy (non-hydrogen) atoms. The Bertz CT molecular complexity index is 1560. The number of carboxylic acids is 1. The number of allylic oxidation sites excluding steroid dienone is 3. The van der Waals surface area contributed by atoms with Gasteiger partial charge in [0.2, 0.25) is 0 Å². The van der Waals surface area contributed by atoms with Gasteiger partial charge in [0.05, 0.1) is 11.2 Å². The Morgan fingerprint density at radius 2 is 1.78 bits per heavy atom. The lowest BCUT2D eigenvalue weighted by Gasteiger charge is -2.56. The smallest absolute Gasteiger partial charge is 0.330 e. The molecule has 1 aromatic carbocycles. The number of ether oxygens (including phenoxy) is 3. The molecule has 2 N–H and O–H groups in total. The molecule has 6 aliphatic rings. The number of carbonyl (C=O) groups is 3. The zero-order valence-electron chi connectivity index (χ0n) is 24.5. The van der Waals surface area contributed by atoms with Gasteiger partial charge in [-0.1, -0.05) is 23.8 Å². The zero-order valence-corrected chi connectivity index (χ0v) is 24.5. The Hall–Kier alpha value is -3.65. The maximum Gasteiger partial charge on any atom is 0.330 e. The summed E-state index contributed by atoms with van der Waals surface area (Å²) in [5, 5.41) is 21.1. The third kappa shape index (κ3) is 3.52. The van der Waals surface area contributed by atoms with Crippen LogP contribution in [-0.2, 0) is 20.7 Å². The van der Waals surface area contributed by atoms with Gasteiger partial charge in [-0.25, -0.2) is 4.79 Å². The number of carboxylic acid groups (broad SMARTS) is 1. The largest absolute Gasteiger partial charge is 0.506 e. The van der Waals surface area contributed by atoms with E-state index >= 15 is 0 Å². The molecule has 1 saturated carbocycles. The summed E-state index contributed by atoms with van der Waals surface area (Å²) in [5.41, 5.74) is -2.14. The summed E-state index contributed by atoms with van der Waals surface area (Å²) in [5.74, 6) is -2.29. The number of phenolic OH excluding ortho intramolecular Hbond substituents is 1. The molecule has 216 valence electrons. The molecule has 7 rings (SSSR count). The Morgan fingerprint density at radius 1 is 1.07 bits per heavy atom. The number of aliphatic carboxylic acids is 1. The third-order valence-electron chi connectivity index (χ3n) is 9.37. The van der Waals surface area contributed by atoms with Crippen molar-refractivity contribution < 1.29 is 38.8 Å². The van der Waals surface area contributed by atoms with Crippen LogP contribution in [0.3, 0.4) is 0 Å². The van der Waals surface area contributed by atoms with Crippen LogP contribution < -0.4 is 9.47 Å². The normalized spacial score (nSPS) is 31.4. The van der Waals surface area contributed by atoms with Gasteiger partial charge < -0.3 is 24.4 Å². The minimum atomic E-state index is -1.61. The number of fused-ring (bicyclic) bond motifs is 2. The number of phenols is 1. The molecule has 1 aromatic rings. The van der Waals surface area contributed by atoms with Crippen molar-refractivity contribution in [1.29, 1.82) is 0 Å². The maximum atomic E-state index is 14.5. The number of rotatable bonds is 5. The van der Waals surface area contributed by atoms with Crippen LogP contribution in [0, 0.1) is 11.8 Å². The molecule has 4 bridgehead atoms. The SMILES string of the molecule is CC(C)=CCc1c2c(c(O)c3c1O[C@@]14C(=C[C@@H]5C[C@H]1C(C)(C)O[C@@]4(C/C=C(/C)C(=O)O)C5=O)C3=O)C=CC(C)(C)O2. The highest BCUT2D eigenvalue weighted by Crippen LogP contribution is 2.68. The average Bonchev–Trinajstić information content (AvgIpc) is 3.03. The number of hydrogen-bond acceptors (Lipinski definition) is 7. The Kier molecular flexibility index (Phi) is 5.67. The summed E-state index contributed by atoms with van der Waals surface area (Å²) in [4.78, 5) is 40.4. The minimum absolute atomic E-state index is 0.0513. The van der Waals surface area contributed by atoms with E-state index < -0.39 is 40.1 Å².